The highest BCUT2D eigenvalue weighted by molar-refractivity contribution is 5.94. The zero-order chi connectivity index (χ0) is 25.6. The number of aromatic amines is 1. The zero-order valence-electron chi connectivity index (χ0n) is 20.4. The van der Waals surface area contributed by atoms with E-state index < -0.39 is 18.5 Å². The van der Waals surface area contributed by atoms with Gasteiger partial charge in [0.25, 0.3) is 5.91 Å². The number of para-hydroxylation sites is 1. The van der Waals surface area contributed by atoms with Crippen molar-refractivity contribution >= 4 is 18.1 Å². The van der Waals surface area contributed by atoms with Crippen LogP contribution >= 0.6 is 0 Å². The Bertz CT molecular complexity index is 1140. The average molecular weight is 493 g/mol. The number of hydrogen-bond acceptors (Lipinski definition) is 6. The van der Waals surface area contributed by atoms with E-state index in [4.69, 9.17) is 14.6 Å². The predicted molar refractivity (Wildman–Crippen MR) is 138 cm³/mol. The van der Waals surface area contributed by atoms with E-state index in [0.717, 1.165) is 17.7 Å². The van der Waals surface area contributed by atoms with E-state index in [1.54, 1.807) is 30.3 Å². The van der Waals surface area contributed by atoms with E-state index in [2.05, 4.69) is 27.6 Å². The van der Waals surface area contributed by atoms with Gasteiger partial charge in [-0.1, -0.05) is 51.2 Å². The van der Waals surface area contributed by atoms with Crippen molar-refractivity contribution < 1.29 is 24.2 Å². The van der Waals surface area contributed by atoms with E-state index in [0.29, 0.717) is 23.6 Å². The van der Waals surface area contributed by atoms with Crippen LogP contribution in [0.25, 0.3) is 11.3 Å². The van der Waals surface area contributed by atoms with Gasteiger partial charge in [-0.25, -0.2) is 10.2 Å². The summed E-state index contributed by atoms with van der Waals surface area (Å²) in [6.07, 6.45) is 8.71. The molecule has 0 radical (unpaired) electrons. The largest absolute Gasteiger partial charge is 0.494 e. The van der Waals surface area contributed by atoms with Crippen LogP contribution in [0.1, 0.15) is 61.5 Å². The fraction of sp³-hybridized carbons (Fsp3) is 0.333. The molecule has 0 bridgehead atoms. The van der Waals surface area contributed by atoms with Gasteiger partial charge in [0, 0.05) is 11.1 Å². The number of nitrogens with zero attached hydrogens (tertiary/aromatic N) is 2. The first kappa shape index (κ1) is 26.5. The van der Waals surface area contributed by atoms with Crippen molar-refractivity contribution in [3.8, 4) is 22.8 Å². The van der Waals surface area contributed by atoms with Gasteiger partial charge in [-0.3, -0.25) is 9.89 Å². The highest BCUT2D eigenvalue weighted by Gasteiger charge is 2.11. The number of unbranched alkanes of at least 4 members (excludes halogenated alkanes) is 5. The Morgan fingerprint density at radius 3 is 2.56 bits per heavy atom. The minimum atomic E-state index is -1.08. The molecule has 0 aliphatic heterocycles. The molecule has 190 valence electrons. The summed E-state index contributed by atoms with van der Waals surface area (Å²) in [5.74, 6) is -0.392. The van der Waals surface area contributed by atoms with Crippen molar-refractivity contribution in [2.75, 3.05) is 13.2 Å². The maximum absolute atomic E-state index is 12.4. The molecule has 1 heterocycles. The van der Waals surface area contributed by atoms with Crippen LogP contribution in [-0.2, 0) is 4.79 Å². The van der Waals surface area contributed by atoms with Crippen LogP contribution in [-0.4, -0.2) is 46.6 Å². The molecule has 3 rings (SSSR count). The molecule has 0 fully saturated rings. The lowest BCUT2D eigenvalue weighted by molar-refractivity contribution is -0.139. The summed E-state index contributed by atoms with van der Waals surface area (Å²) in [5, 5.41) is 19.7. The second-order valence-corrected chi connectivity index (χ2v) is 8.23. The van der Waals surface area contributed by atoms with Crippen LogP contribution in [0.2, 0.25) is 0 Å². The standard InChI is InChI=1S/C27H32N4O5/c1-2-3-4-5-6-9-16-35-22-14-12-20(13-15-22)23-17-24(30-29-23)27(34)31-28-18-21-10-7-8-11-25(21)36-19-26(32)33/h7-8,10-15,17-18H,2-6,9,16,19H2,1H3,(H,29,30)(H,31,34)(H,32,33)/b28-18-. The van der Waals surface area contributed by atoms with Crippen LogP contribution < -0.4 is 14.9 Å². The fourth-order valence-electron chi connectivity index (χ4n) is 3.46. The third-order valence-corrected chi connectivity index (χ3v) is 5.38. The van der Waals surface area contributed by atoms with Crippen molar-refractivity contribution in [3.63, 3.8) is 0 Å². The van der Waals surface area contributed by atoms with Crippen LogP contribution in [0.4, 0.5) is 0 Å². The maximum Gasteiger partial charge on any atom is 0.341 e. The maximum atomic E-state index is 12.4. The molecule has 0 atom stereocenters. The smallest absolute Gasteiger partial charge is 0.341 e. The Morgan fingerprint density at radius 2 is 1.78 bits per heavy atom. The molecule has 9 nitrogen and oxygen atoms in total. The van der Waals surface area contributed by atoms with Gasteiger partial charge in [0.2, 0.25) is 0 Å². The molecular weight excluding hydrogens is 460 g/mol. The monoisotopic (exact) mass is 492 g/mol. The molecule has 9 heteroatoms. The quantitative estimate of drug-likeness (QED) is 0.155. The fourth-order valence-corrected chi connectivity index (χ4v) is 3.46. The van der Waals surface area contributed by atoms with Crippen molar-refractivity contribution in [2.24, 2.45) is 5.10 Å². The lowest BCUT2D eigenvalue weighted by Gasteiger charge is -2.06. The number of carbonyl (C=O) groups excluding carboxylic acids is 1. The Kier molecular flexibility index (Phi) is 10.5. The number of hydrazone groups is 1. The highest BCUT2D eigenvalue weighted by atomic mass is 16.5. The first-order valence-electron chi connectivity index (χ1n) is 12.1. The number of ether oxygens (including phenoxy) is 2. The number of carboxylic acid groups (broad SMARTS) is 1. The van der Waals surface area contributed by atoms with E-state index in [1.165, 1.54) is 38.3 Å². The Labute approximate surface area is 210 Å². The van der Waals surface area contributed by atoms with E-state index >= 15 is 0 Å². The van der Waals surface area contributed by atoms with Gasteiger partial charge in [0.15, 0.2) is 6.61 Å². The van der Waals surface area contributed by atoms with Gasteiger partial charge in [-0.05, 0) is 48.9 Å². The summed E-state index contributed by atoms with van der Waals surface area (Å²) >= 11 is 0. The van der Waals surface area contributed by atoms with Gasteiger partial charge in [0.1, 0.15) is 17.2 Å². The topological polar surface area (TPSA) is 126 Å². The van der Waals surface area contributed by atoms with Gasteiger partial charge >= 0.3 is 5.97 Å². The number of carbonyl (C=O) groups is 2. The normalized spacial score (nSPS) is 10.9. The second kappa shape index (κ2) is 14.3. The molecule has 36 heavy (non-hydrogen) atoms. The Hall–Kier alpha value is -4.14. The molecule has 3 N–H and O–H groups in total. The van der Waals surface area contributed by atoms with Crippen LogP contribution in [0.3, 0.4) is 0 Å². The number of carboxylic acids is 1. The average Bonchev–Trinajstić information content (AvgIpc) is 3.38. The Morgan fingerprint density at radius 1 is 1.03 bits per heavy atom. The minimum absolute atomic E-state index is 0.251. The highest BCUT2D eigenvalue weighted by Crippen LogP contribution is 2.22. The molecule has 0 unspecified atom stereocenters. The van der Waals surface area contributed by atoms with Crippen LogP contribution in [0.15, 0.2) is 59.7 Å². The number of nitrogens with one attached hydrogen (secondary N) is 2. The van der Waals surface area contributed by atoms with Crippen molar-refractivity contribution in [1.29, 1.82) is 0 Å². The molecule has 0 aliphatic carbocycles. The van der Waals surface area contributed by atoms with Gasteiger partial charge in [-0.15, -0.1) is 0 Å². The summed E-state index contributed by atoms with van der Waals surface area (Å²) in [7, 11) is 0. The number of amides is 1. The third-order valence-electron chi connectivity index (χ3n) is 5.38. The summed E-state index contributed by atoms with van der Waals surface area (Å²) < 4.78 is 11.0. The van der Waals surface area contributed by atoms with Gasteiger partial charge in [0.05, 0.1) is 18.5 Å². The van der Waals surface area contributed by atoms with Crippen molar-refractivity contribution in [2.45, 2.75) is 45.4 Å². The predicted octanol–water partition coefficient (Wildman–Crippen LogP) is 5.04. The molecule has 0 spiro atoms. The summed E-state index contributed by atoms with van der Waals surface area (Å²) in [5.41, 5.74) is 4.68. The summed E-state index contributed by atoms with van der Waals surface area (Å²) in [6.45, 7) is 2.45. The molecule has 0 aliphatic rings. The number of aromatic nitrogens is 2. The minimum Gasteiger partial charge on any atom is -0.494 e. The third kappa shape index (κ3) is 8.57. The number of rotatable bonds is 15. The van der Waals surface area contributed by atoms with Crippen molar-refractivity contribution in [3.05, 3.63) is 65.9 Å². The van der Waals surface area contributed by atoms with Crippen LogP contribution in [0.5, 0.6) is 11.5 Å². The molecule has 3 aromatic rings. The number of hydrogen-bond donors (Lipinski definition) is 3. The zero-order valence-corrected chi connectivity index (χ0v) is 20.4. The summed E-state index contributed by atoms with van der Waals surface area (Å²) in [6, 6.07) is 16.0. The number of H-pyrrole nitrogens is 1. The SMILES string of the molecule is CCCCCCCCOc1ccc(-c2cc(C(=O)N/N=C\c3ccccc3OCC(=O)O)[nH]n2)cc1. The number of benzene rings is 2. The van der Waals surface area contributed by atoms with Crippen LogP contribution in [0, 0.1) is 0 Å². The lowest BCUT2D eigenvalue weighted by atomic mass is 10.1. The summed E-state index contributed by atoms with van der Waals surface area (Å²) in [4.78, 5) is 23.2. The van der Waals surface area contributed by atoms with Gasteiger partial charge in [-0.2, -0.15) is 10.2 Å². The van der Waals surface area contributed by atoms with Crippen molar-refractivity contribution in [1.82, 2.24) is 15.6 Å². The first-order chi connectivity index (χ1) is 17.6. The molecular formula is C27H32N4O5. The molecule has 0 saturated heterocycles. The van der Waals surface area contributed by atoms with Gasteiger partial charge < -0.3 is 14.6 Å². The first-order valence-corrected chi connectivity index (χ1v) is 12.1. The molecule has 1 amide bonds. The Balaban J connectivity index is 1.49. The van der Waals surface area contributed by atoms with E-state index in [9.17, 15) is 9.59 Å². The molecule has 2 aromatic carbocycles. The van der Waals surface area contributed by atoms with E-state index in [-0.39, 0.29) is 5.69 Å². The lowest BCUT2D eigenvalue weighted by Crippen LogP contribution is -2.18. The van der Waals surface area contributed by atoms with E-state index in [1.807, 2.05) is 24.3 Å². The molecule has 0 saturated carbocycles. The number of aliphatic carboxylic acids is 1. The second-order valence-electron chi connectivity index (χ2n) is 8.23. The molecule has 1 aromatic heterocycles.